The maximum Gasteiger partial charge on any atom is 0.272 e. The van der Waals surface area contributed by atoms with Crippen LogP contribution in [0.1, 0.15) is 17.4 Å². The fourth-order valence-electron chi connectivity index (χ4n) is 1.30. The van der Waals surface area contributed by atoms with Crippen LogP contribution in [0.15, 0.2) is 18.2 Å². The molecule has 96 valence electrons. The zero-order valence-electron chi connectivity index (χ0n) is 10.2. The van der Waals surface area contributed by atoms with Crippen molar-refractivity contribution >= 4 is 24.1 Å². The Kier molecular flexibility index (Phi) is 6.53. The second-order valence-corrected chi connectivity index (χ2v) is 3.67. The number of aromatic nitrogens is 1. The Morgan fingerprint density at radius 3 is 2.76 bits per heavy atom. The molecule has 0 saturated heterocycles. The molecule has 17 heavy (non-hydrogen) atoms. The quantitative estimate of drug-likeness (QED) is 0.882. The minimum Gasteiger partial charge on any atom is -0.384 e. The first kappa shape index (κ1) is 15.7. The van der Waals surface area contributed by atoms with Gasteiger partial charge < -0.3 is 15.4 Å². The number of pyridine rings is 1. The molecule has 0 bridgehead atoms. The summed E-state index contributed by atoms with van der Waals surface area (Å²) in [4.78, 5) is 17.5. The van der Waals surface area contributed by atoms with E-state index in [4.69, 9.17) is 10.5 Å². The van der Waals surface area contributed by atoms with Gasteiger partial charge in [0.05, 0.1) is 12.6 Å². The van der Waals surface area contributed by atoms with Gasteiger partial charge in [0.15, 0.2) is 0 Å². The lowest BCUT2D eigenvalue weighted by Gasteiger charge is -2.23. The molecule has 1 heterocycles. The predicted molar refractivity (Wildman–Crippen MR) is 69.3 cm³/mol. The Morgan fingerprint density at radius 1 is 1.59 bits per heavy atom. The van der Waals surface area contributed by atoms with E-state index >= 15 is 0 Å². The van der Waals surface area contributed by atoms with Crippen molar-refractivity contribution in [2.75, 3.05) is 26.5 Å². The van der Waals surface area contributed by atoms with Crippen LogP contribution in [-0.4, -0.2) is 42.6 Å². The first-order chi connectivity index (χ1) is 7.56. The molecule has 1 aromatic heterocycles. The first-order valence-corrected chi connectivity index (χ1v) is 5.05. The van der Waals surface area contributed by atoms with E-state index in [2.05, 4.69) is 4.98 Å². The number of anilines is 1. The molecule has 0 aromatic carbocycles. The molecule has 0 fully saturated rings. The van der Waals surface area contributed by atoms with E-state index in [1.807, 2.05) is 6.92 Å². The van der Waals surface area contributed by atoms with E-state index in [0.717, 1.165) is 0 Å². The summed E-state index contributed by atoms with van der Waals surface area (Å²) < 4.78 is 5.00. The van der Waals surface area contributed by atoms with Crippen molar-refractivity contribution in [1.82, 2.24) is 9.88 Å². The number of rotatable bonds is 4. The van der Waals surface area contributed by atoms with Crippen LogP contribution >= 0.6 is 12.4 Å². The molecule has 0 aliphatic rings. The molecule has 5 nitrogen and oxygen atoms in total. The lowest BCUT2D eigenvalue weighted by Crippen LogP contribution is -2.38. The van der Waals surface area contributed by atoms with Crippen LogP contribution in [0.3, 0.4) is 0 Å². The highest BCUT2D eigenvalue weighted by atomic mass is 35.5. The summed E-state index contributed by atoms with van der Waals surface area (Å²) in [6.45, 7) is 2.40. The average molecular weight is 260 g/mol. The zero-order chi connectivity index (χ0) is 12.1. The molecular weight excluding hydrogens is 242 g/mol. The van der Waals surface area contributed by atoms with E-state index in [9.17, 15) is 4.79 Å². The van der Waals surface area contributed by atoms with Crippen molar-refractivity contribution in [2.45, 2.75) is 13.0 Å². The molecule has 6 heteroatoms. The second-order valence-electron chi connectivity index (χ2n) is 3.67. The third-order valence-corrected chi connectivity index (χ3v) is 2.38. The molecule has 1 aromatic rings. The number of nitrogens with two attached hydrogens (primary N) is 1. The molecule has 1 atom stereocenters. The second kappa shape index (κ2) is 7.09. The van der Waals surface area contributed by atoms with Crippen LogP contribution in [0.2, 0.25) is 0 Å². The number of nitrogen functional groups attached to an aromatic ring is 1. The summed E-state index contributed by atoms with van der Waals surface area (Å²) in [7, 11) is 3.32. The Morgan fingerprint density at radius 2 is 2.24 bits per heavy atom. The number of halogens is 1. The molecule has 0 spiro atoms. The zero-order valence-corrected chi connectivity index (χ0v) is 11.0. The maximum absolute atomic E-state index is 12.0. The molecule has 0 aliphatic carbocycles. The van der Waals surface area contributed by atoms with Crippen molar-refractivity contribution in [3.63, 3.8) is 0 Å². The lowest BCUT2D eigenvalue weighted by molar-refractivity contribution is 0.0628. The third-order valence-electron chi connectivity index (χ3n) is 2.38. The fourth-order valence-corrected chi connectivity index (χ4v) is 1.30. The lowest BCUT2D eigenvalue weighted by atomic mass is 10.2. The van der Waals surface area contributed by atoms with E-state index in [0.29, 0.717) is 18.1 Å². The van der Waals surface area contributed by atoms with Crippen LogP contribution in [-0.2, 0) is 4.74 Å². The third kappa shape index (κ3) is 4.20. The summed E-state index contributed by atoms with van der Waals surface area (Å²) in [5.74, 6) is 0.190. The largest absolute Gasteiger partial charge is 0.384 e. The van der Waals surface area contributed by atoms with Crippen molar-refractivity contribution in [1.29, 1.82) is 0 Å². The van der Waals surface area contributed by atoms with Gasteiger partial charge in [-0.2, -0.15) is 0 Å². The highest BCUT2D eigenvalue weighted by molar-refractivity contribution is 5.92. The molecule has 2 N–H and O–H groups in total. The van der Waals surface area contributed by atoms with E-state index in [1.165, 1.54) is 0 Å². The minimum absolute atomic E-state index is 0. The fraction of sp³-hybridized carbons (Fsp3) is 0.455. The molecule has 0 aliphatic heterocycles. The number of likely N-dealkylation sites (N-methyl/N-ethyl adjacent to an activating group) is 1. The molecule has 1 unspecified atom stereocenters. The van der Waals surface area contributed by atoms with Gasteiger partial charge in [-0.1, -0.05) is 6.07 Å². The number of ether oxygens (including phenoxy) is 1. The molecule has 0 saturated carbocycles. The average Bonchev–Trinajstić information content (AvgIpc) is 2.27. The Labute approximate surface area is 107 Å². The smallest absolute Gasteiger partial charge is 0.272 e. The topological polar surface area (TPSA) is 68.5 Å². The van der Waals surface area contributed by atoms with Gasteiger partial charge in [-0.3, -0.25) is 4.79 Å². The molecule has 1 rings (SSSR count). The van der Waals surface area contributed by atoms with E-state index < -0.39 is 0 Å². The highest BCUT2D eigenvalue weighted by Crippen LogP contribution is 2.06. The highest BCUT2D eigenvalue weighted by Gasteiger charge is 2.18. The molecular formula is C11H18ClN3O2. The summed E-state index contributed by atoms with van der Waals surface area (Å²) in [5.41, 5.74) is 5.88. The van der Waals surface area contributed by atoms with Crippen molar-refractivity contribution in [2.24, 2.45) is 0 Å². The van der Waals surface area contributed by atoms with Crippen LogP contribution in [0.5, 0.6) is 0 Å². The van der Waals surface area contributed by atoms with Crippen LogP contribution in [0.4, 0.5) is 5.82 Å². The van der Waals surface area contributed by atoms with Crippen molar-refractivity contribution in [3.05, 3.63) is 23.9 Å². The minimum atomic E-state index is -0.156. The van der Waals surface area contributed by atoms with Gasteiger partial charge in [0.2, 0.25) is 0 Å². The number of nitrogens with zero attached hydrogens (tertiary/aromatic N) is 2. The number of carbonyl (C=O) groups excluding carboxylic acids is 1. The van der Waals surface area contributed by atoms with Gasteiger partial charge in [-0.05, 0) is 19.1 Å². The van der Waals surface area contributed by atoms with Gasteiger partial charge in [0.1, 0.15) is 11.5 Å². The molecule has 1 amide bonds. The maximum atomic E-state index is 12.0. The van der Waals surface area contributed by atoms with E-state index in [-0.39, 0.29) is 24.4 Å². The monoisotopic (exact) mass is 259 g/mol. The van der Waals surface area contributed by atoms with E-state index in [1.54, 1.807) is 37.3 Å². The van der Waals surface area contributed by atoms with Crippen LogP contribution in [0.25, 0.3) is 0 Å². The number of methoxy groups -OCH3 is 1. The number of amides is 1. The predicted octanol–water partition coefficient (Wildman–Crippen LogP) is 1.19. The Hall–Kier alpha value is -1.33. The Balaban J connectivity index is 0.00000256. The summed E-state index contributed by atoms with van der Waals surface area (Å²) >= 11 is 0. The number of hydrogen-bond acceptors (Lipinski definition) is 4. The van der Waals surface area contributed by atoms with Crippen molar-refractivity contribution < 1.29 is 9.53 Å². The van der Waals surface area contributed by atoms with Gasteiger partial charge in [0.25, 0.3) is 5.91 Å². The number of hydrogen-bond donors (Lipinski definition) is 1. The normalized spacial score (nSPS) is 11.5. The van der Waals surface area contributed by atoms with Crippen LogP contribution in [0, 0.1) is 0 Å². The number of carbonyl (C=O) groups is 1. The standard InChI is InChI=1S/C11H17N3O2.ClH/c1-8(7-16-3)14(2)11(15)9-5-4-6-10(12)13-9;/h4-6,8H,7H2,1-3H3,(H2,12,13);1H. The van der Waals surface area contributed by atoms with Gasteiger partial charge in [-0.25, -0.2) is 4.98 Å². The first-order valence-electron chi connectivity index (χ1n) is 5.05. The Bertz CT molecular complexity index is 373. The summed E-state index contributed by atoms with van der Waals surface area (Å²) in [6, 6.07) is 5.01. The van der Waals surface area contributed by atoms with Gasteiger partial charge in [0, 0.05) is 14.2 Å². The molecule has 0 radical (unpaired) electrons. The van der Waals surface area contributed by atoms with Crippen LogP contribution < -0.4 is 5.73 Å². The van der Waals surface area contributed by atoms with Gasteiger partial charge in [-0.15, -0.1) is 12.4 Å². The SMILES string of the molecule is COCC(C)N(C)C(=O)c1cccc(N)n1.Cl. The summed E-state index contributed by atoms with van der Waals surface area (Å²) in [5, 5.41) is 0. The van der Waals surface area contributed by atoms with Crippen molar-refractivity contribution in [3.8, 4) is 0 Å². The van der Waals surface area contributed by atoms with Gasteiger partial charge >= 0.3 is 0 Å². The summed E-state index contributed by atoms with van der Waals surface area (Å²) in [6.07, 6.45) is 0.